The molecule has 4 heteroatoms. The SMILES string of the molecule is CCc1cccc2c1nc(N1CCNCC1)n2C. The van der Waals surface area contributed by atoms with E-state index in [-0.39, 0.29) is 0 Å². The maximum atomic E-state index is 4.87. The average Bonchev–Trinajstić information content (AvgIpc) is 2.77. The maximum Gasteiger partial charge on any atom is 0.206 e. The highest BCUT2D eigenvalue weighted by molar-refractivity contribution is 5.82. The Bertz CT molecular complexity index is 552. The third-order valence-corrected chi connectivity index (χ3v) is 3.75. The number of aryl methyl sites for hydroxylation is 2. The first-order valence-electron chi connectivity index (χ1n) is 6.71. The minimum Gasteiger partial charge on any atom is -0.340 e. The number of imidazole rings is 1. The zero-order valence-electron chi connectivity index (χ0n) is 11.1. The molecule has 0 atom stereocenters. The number of hydrogen-bond acceptors (Lipinski definition) is 3. The molecule has 2 heterocycles. The predicted octanol–water partition coefficient (Wildman–Crippen LogP) is 1.55. The molecule has 0 saturated carbocycles. The van der Waals surface area contributed by atoms with Gasteiger partial charge in [0.2, 0.25) is 5.95 Å². The Kier molecular flexibility index (Phi) is 2.96. The Labute approximate surface area is 108 Å². The van der Waals surface area contributed by atoms with Crippen molar-refractivity contribution in [2.24, 2.45) is 7.05 Å². The van der Waals surface area contributed by atoms with Gasteiger partial charge in [-0.3, -0.25) is 0 Å². The van der Waals surface area contributed by atoms with Gasteiger partial charge < -0.3 is 14.8 Å². The number of aromatic nitrogens is 2. The standard InChI is InChI=1S/C14H20N4/c1-3-11-5-4-6-12-13(11)16-14(17(12)2)18-9-7-15-8-10-18/h4-6,15H,3,7-10H2,1-2H3. The topological polar surface area (TPSA) is 33.1 Å². The summed E-state index contributed by atoms with van der Waals surface area (Å²) in [6, 6.07) is 6.47. The Morgan fingerprint density at radius 2 is 2.06 bits per heavy atom. The average molecular weight is 244 g/mol. The van der Waals surface area contributed by atoms with E-state index in [1.165, 1.54) is 11.1 Å². The van der Waals surface area contributed by atoms with Crippen LogP contribution in [-0.4, -0.2) is 35.7 Å². The Balaban J connectivity index is 2.09. The van der Waals surface area contributed by atoms with Crippen molar-refractivity contribution in [3.63, 3.8) is 0 Å². The van der Waals surface area contributed by atoms with E-state index in [1.807, 2.05) is 0 Å². The lowest BCUT2D eigenvalue weighted by Crippen LogP contribution is -2.44. The van der Waals surface area contributed by atoms with Crippen LogP contribution in [0.15, 0.2) is 18.2 Å². The van der Waals surface area contributed by atoms with Gasteiger partial charge in [-0.15, -0.1) is 0 Å². The van der Waals surface area contributed by atoms with Crippen LogP contribution in [0.5, 0.6) is 0 Å². The molecule has 96 valence electrons. The quantitative estimate of drug-likeness (QED) is 0.870. The molecule has 1 aliphatic rings. The second-order valence-corrected chi connectivity index (χ2v) is 4.85. The summed E-state index contributed by atoms with van der Waals surface area (Å²) in [6.45, 7) is 6.36. The van der Waals surface area contributed by atoms with Gasteiger partial charge in [-0.05, 0) is 18.1 Å². The lowest BCUT2D eigenvalue weighted by Gasteiger charge is -2.28. The van der Waals surface area contributed by atoms with Crippen molar-refractivity contribution in [2.75, 3.05) is 31.1 Å². The molecular weight excluding hydrogens is 224 g/mol. The first-order valence-corrected chi connectivity index (χ1v) is 6.71. The molecular formula is C14H20N4. The van der Waals surface area contributed by atoms with Gasteiger partial charge in [0.1, 0.15) is 0 Å². The fourth-order valence-electron chi connectivity index (χ4n) is 2.69. The molecule has 1 N–H and O–H groups in total. The number of nitrogens with zero attached hydrogens (tertiary/aromatic N) is 3. The summed E-state index contributed by atoms with van der Waals surface area (Å²) in [5.74, 6) is 1.10. The Morgan fingerprint density at radius 1 is 1.28 bits per heavy atom. The van der Waals surface area contributed by atoms with Gasteiger partial charge in [0.25, 0.3) is 0 Å². The Hall–Kier alpha value is -1.55. The maximum absolute atomic E-state index is 4.87. The monoisotopic (exact) mass is 244 g/mol. The molecule has 0 radical (unpaired) electrons. The second kappa shape index (κ2) is 4.61. The molecule has 1 aliphatic heterocycles. The highest BCUT2D eigenvalue weighted by Crippen LogP contribution is 2.24. The fraction of sp³-hybridized carbons (Fsp3) is 0.500. The number of para-hydroxylation sites is 1. The summed E-state index contributed by atoms with van der Waals surface area (Å²) < 4.78 is 2.22. The first kappa shape index (κ1) is 11.5. The highest BCUT2D eigenvalue weighted by Gasteiger charge is 2.17. The molecule has 1 aromatic carbocycles. The van der Waals surface area contributed by atoms with E-state index in [1.54, 1.807) is 0 Å². The van der Waals surface area contributed by atoms with E-state index in [2.05, 4.69) is 47.0 Å². The van der Waals surface area contributed by atoms with Crippen molar-refractivity contribution < 1.29 is 0 Å². The van der Waals surface area contributed by atoms with Gasteiger partial charge in [0.15, 0.2) is 0 Å². The lowest BCUT2D eigenvalue weighted by molar-refractivity contribution is 0.575. The lowest BCUT2D eigenvalue weighted by atomic mass is 10.1. The van der Waals surface area contributed by atoms with Crippen LogP contribution in [0.4, 0.5) is 5.95 Å². The van der Waals surface area contributed by atoms with E-state index in [0.29, 0.717) is 0 Å². The van der Waals surface area contributed by atoms with E-state index in [4.69, 9.17) is 4.98 Å². The molecule has 1 fully saturated rings. The number of rotatable bonds is 2. The number of anilines is 1. The minimum absolute atomic E-state index is 1.04. The molecule has 2 aromatic rings. The van der Waals surface area contributed by atoms with Gasteiger partial charge in [-0.1, -0.05) is 19.1 Å². The highest BCUT2D eigenvalue weighted by atomic mass is 15.3. The van der Waals surface area contributed by atoms with Crippen LogP contribution in [0.1, 0.15) is 12.5 Å². The van der Waals surface area contributed by atoms with Crippen molar-refractivity contribution in [3.8, 4) is 0 Å². The summed E-state index contributed by atoms with van der Waals surface area (Å²) in [6.07, 6.45) is 1.04. The van der Waals surface area contributed by atoms with Crippen LogP contribution in [0.3, 0.4) is 0 Å². The fourth-order valence-corrected chi connectivity index (χ4v) is 2.69. The molecule has 1 saturated heterocycles. The van der Waals surface area contributed by atoms with Gasteiger partial charge >= 0.3 is 0 Å². The van der Waals surface area contributed by atoms with Crippen molar-refractivity contribution in [1.29, 1.82) is 0 Å². The number of fused-ring (bicyclic) bond motifs is 1. The smallest absolute Gasteiger partial charge is 0.206 e. The molecule has 0 aliphatic carbocycles. The van der Waals surface area contributed by atoms with Crippen molar-refractivity contribution in [2.45, 2.75) is 13.3 Å². The van der Waals surface area contributed by atoms with Gasteiger partial charge in [0.05, 0.1) is 11.0 Å². The van der Waals surface area contributed by atoms with Crippen molar-refractivity contribution in [1.82, 2.24) is 14.9 Å². The van der Waals surface area contributed by atoms with E-state index in [0.717, 1.165) is 44.1 Å². The van der Waals surface area contributed by atoms with E-state index < -0.39 is 0 Å². The van der Waals surface area contributed by atoms with Crippen LogP contribution in [-0.2, 0) is 13.5 Å². The molecule has 0 spiro atoms. The Morgan fingerprint density at radius 3 is 2.78 bits per heavy atom. The molecule has 4 nitrogen and oxygen atoms in total. The molecule has 0 unspecified atom stereocenters. The zero-order chi connectivity index (χ0) is 12.5. The van der Waals surface area contributed by atoms with Gasteiger partial charge in [0, 0.05) is 33.2 Å². The molecule has 0 bridgehead atoms. The number of hydrogen-bond donors (Lipinski definition) is 1. The summed E-state index contributed by atoms with van der Waals surface area (Å²) in [7, 11) is 2.12. The number of piperazine rings is 1. The van der Waals surface area contributed by atoms with E-state index >= 15 is 0 Å². The first-order chi connectivity index (χ1) is 8.81. The summed E-state index contributed by atoms with van der Waals surface area (Å²) >= 11 is 0. The largest absolute Gasteiger partial charge is 0.340 e. The van der Waals surface area contributed by atoms with E-state index in [9.17, 15) is 0 Å². The molecule has 1 aromatic heterocycles. The summed E-state index contributed by atoms with van der Waals surface area (Å²) in [4.78, 5) is 7.24. The third-order valence-electron chi connectivity index (χ3n) is 3.75. The second-order valence-electron chi connectivity index (χ2n) is 4.85. The zero-order valence-corrected chi connectivity index (χ0v) is 11.1. The summed E-state index contributed by atoms with van der Waals surface area (Å²) in [5.41, 5.74) is 3.74. The molecule has 18 heavy (non-hydrogen) atoms. The van der Waals surface area contributed by atoms with Crippen LogP contribution >= 0.6 is 0 Å². The number of benzene rings is 1. The summed E-state index contributed by atoms with van der Waals surface area (Å²) in [5, 5.41) is 3.38. The van der Waals surface area contributed by atoms with Crippen molar-refractivity contribution >= 4 is 17.0 Å². The third kappa shape index (κ3) is 1.77. The van der Waals surface area contributed by atoms with Crippen LogP contribution in [0.25, 0.3) is 11.0 Å². The van der Waals surface area contributed by atoms with Crippen LogP contribution < -0.4 is 10.2 Å². The molecule has 3 rings (SSSR count). The number of nitrogens with one attached hydrogen (secondary N) is 1. The van der Waals surface area contributed by atoms with Gasteiger partial charge in [-0.2, -0.15) is 0 Å². The van der Waals surface area contributed by atoms with Crippen molar-refractivity contribution in [3.05, 3.63) is 23.8 Å². The van der Waals surface area contributed by atoms with Crippen LogP contribution in [0.2, 0.25) is 0 Å². The molecule has 0 amide bonds. The van der Waals surface area contributed by atoms with Gasteiger partial charge in [-0.25, -0.2) is 4.98 Å². The van der Waals surface area contributed by atoms with Crippen LogP contribution in [0, 0.1) is 0 Å². The normalized spacial score (nSPS) is 16.4. The predicted molar refractivity (Wildman–Crippen MR) is 75.2 cm³/mol. The minimum atomic E-state index is 1.04.